The minimum atomic E-state index is -1.73. The molecule has 3 saturated carbocycles. The van der Waals surface area contributed by atoms with Gasteiger partial charge in [0.05, 0.1) is 6.10 Å². The van der Waals surface area contributed by atoms with Gasteiger partial charge in [-0.15, -0.1) is 0 Å². The van der Waals surface area contributed by atoms with Gasteiger partial charge in [0, 0.05) is 17.8 Å². The third-order valence-corrected chi connectivity index (χ3v) is 8.81. The van der Waals surface area contributed by atoms with Gasteiger partial charge in [-0.3, -0.25) is 9.59 Å². The number of rotatable bonds is 8. The number of Topliss-reactive ketones (excluding diaryl/α,β-unsaturated/α-hetero) is 2. The molecule has 3 aliphatic rings. The molecule has 1 aromatic carbocycles. The second-order valence-corrected chi connectivity index (χ2v) is 11.0. The van der Waals surface area contributed by atoms with Crippen molar-refractivity contribution in [3.8, 4) is 0 Å². The molecule has 0 heterocycles. The summed E-state index contributed by atoms with van der Waals surface area (Å²) < 4.78 is 10.1. The second kappa shape index (κ2) is 11.3. The summed E-state index contributed by atoms with van der Waals surface area (Å²) in [5, 5.41) is 21.8. The monoisotopic (exact) mass is 510 g/mol. The molecule has 0 radical (unpaired) electrons. The topological polar surface area (TPSA) is 110 Å². The number of ether oxygens (including phenoxy) is 2. The SMILES string of the molecule is CC/C=C\C(O)/C=C1/CC[C@@H]2[C@@H](C1)C(=O)C[C@@]1(C)[C@H]2CC[C@]1(O)C(=O)COC(=O)OCc1ccccc1. The first-order valence-corrected chi connectivity index (χ1v) is 13.3. The van der Waals surface area contributed by atoms with Gasteiger partial charge in [-0.05, 0) is 55.9 Å². The molecule has 1 unspecified atom stereocenters. The van der Waals surface area contributed by atoms with Gasteiger partial charge in [0.25, 0.3) is 0 Å². The summed E-state index contributed by atoms with van der Waals surface area (Å²) in [7, 11) is 0. The van der Waals surface area contributed by atoms with Gasteiger partial charge in [-0.1, -0.05) is 68.0 Å². The number of hydrogen-bond donors (Lipinski definition) is 2. The zero-order valence-electron chi connectivity index (χ0n) is 21.7. The van der Waals surface area contributed by atoms with Crippen molar-refractivity contribution in [2.75, 3.05) is 6.61 Å². The van der Waals surface area contributed by atoms with Crippen LogP contribution in [0.1, 0.15) is 64.4 Å². The molecule has 0 spiro atoms. The van der Waals surface area contributed by atoms with Crippen LogP contribution in [0.5, 0.6) is 0 Å². The lowest BCUT2D eigenvalue weighted by atomic mass is 9.52. The van der Waals surface area contributed by atoms with Gasteiger partial charge < -0.3 is 19.7 Å². The van der Waals surface area contributed by atoms with Crippen LogP contribution in [0.4, 0.5) is 4.79 Å². The maximum atomic E-state index is 13.3. The minimum Gasteiger partial charge on any atom is -0.429 e. The third kappa shape index (κ3) is 5.58. The molecular formula is C30H38O7. The Balaban J connectivity index is 1.38. The highest BCUT2D eigenvalue weighted by atomic mass is 16.7. The molecule has 6 atom stereocenters. The van der Waals surface area contributed by atoms with Crippen LogP contribution in [0.25, 0.3) is 0 Å². The van der Waals surface area contributed by atoms with Crippen LogP contribution in [-0.2, 0) is 25.7 Å². The summed E-state index contributed by atoms with van der Waals surface area (Å²) >= 11 is 0. The fraction of sp³-hybridized carbons (Fsp3) is 0.567. The van der Waals surface area contributed by atoms with E-state index in [4.69, 9.17) is 9.47 Å². The number of benzene rings is 1. The lowest BCUT2D eigenvalue weighted by Gasteiger charge is -2.51. The number of carbonyl (C=O) groups is 3. The number of fused-ring (bicyclic) bond motifs is 3. The van der Waals surface area contributed by atoms with Crippen molar-refractivity contribution in [1.29, 1.82) is 0 Å². The molecule has 0 bridgehead atoms. The van der Waals surface area contributed by atoms with Gasteiger partial charge in [0.2, 0.25) is 5.78 Å². The van der Waals surface area contributed by atoms with Crippen molar-refractivity contribution in [3.05, 3.63) is 59.7 Å². The Morgan fingerprint density at radius 2 is 1.95 bits per heavy atom. The largest absolute Gasteiger partial charge is 0.509 e. The molecular weight excluding hydrogens is 472 g/mol. The Morgan fingerprint density at radius 1 is 1.19 bits per heavy atom. The van der Waals surface area contributed by atoms with E-state index in [0.29, 0.717) is 12.8 Å². The highest BCUT2D eigenvalue weighted by Crippen LogP contribution is 2.62. The molecule has 0 saturated heterocycles. The minimum absolute atomic E-state index is 0.0256. The summed E-state index contributed by atoms with van der Waals surface area (Å²) in [6.07, 6.45) is 7.99. The van der Waals surface area contributed by atoms with Crippen LogP contribution in [0.15, 0.2) is 54.1 Å². The molecule has 0 aromatic heterocycles. The van der Waals surface area contributed by atoms with Crippen LogP contribution >= 0.6 is 0 Å². The van der Waals surface area contributed by atoms with E-state index in [2.05, 4.69) is 0 Å². The van der Waals surface area contributed by atoms with Gasteiger partial charge >= 0.3 is 6.16 Å². The highest BCUT2D eigenvalue weighted by molar-refractivity contribution is 5.93. The number of allylic oxidation sites excluding steroid dienone is 2. The average molecular weight is 511 g/mol. The van der Waals surface area contributed by atoms with Crippen LogP contribution < -0.4 is 0 Å². The molecule has 3 aliphatic carbocycles. The molecule has 7 heteroatoms. The maximum Gasteiger partial charge on any atom is 0.509 e. The summed E-state index contributed by atoms with van der Waals surface area (Å²) in [6.45, 7) is 3.29. The van der Waals surface area contributed by atoms with Gasteiger partial charge in [0.1, 0.15) is 18.0 Å². The molecule has 4 rings (SSSR count). The van der Waals surface area contributed by atoms with Crippen molar-refractivity contribution < 1.29 is 34.1 Å². The standard InChI is InChI=1S/C30H38O7/c1-3-4-10-22(31)15-21-11-12-23-24(16-21)26(32)17-29(2)25(23)13-14-30(29,35)27(33)19-37-28(34)36-18-20-8-6-5-7-9-20/h4-10,15,22-25,31,35H,3,11-14,16-19H2,1-2H3/b10-4-,21-15-/t22?,23-,24-,25+,29+,30+/m1/s1. The Labute approximate surface area is 218 Å². The number of hydrogen-bond acceptors (Lipinski definition) is 7. The van der Waals surface area contributed by atoms with Crippen molar-refractivity contribution in [2.24, 2.45) is 23.2 Å². The molecule has 0 amide bonds. The van der Waals surface area contributed by atoms with Crippen molar-refractivity contribution >= 4 is 17.7 Å². The van der Waals surface area contributed by atoms with Gasteiger partial charge in [-0.2, -0.15) is 0 Å². The molecule has 2 N–H and O–H groups in total. The van der Waals surface area contributed by atoms with Crippen LogP contribution in [0, 0.1) is 23.2 Å². The van der Waals surface area contributed by atoms with Crippen molar-refractivity contribution in [3.63, 3.8) is 0 Å². The lowest BCUT2D eigenvalue weighted by molar-refractivity contribution is -0.166. The van der Waals surface area contributed by atoms with Gasteiger partial charge in [0.15, 0.2) is 6.61 Å². The van der Waals surface area contributed by atoms with Gasteiger partial charge in [-0.25, -0.2) is 4.79 Å². The van der Waals surface area contributed by atoms with Crippen LogP contribution in [0.3, 0.4) is 0 Å². The summed E-state index contributed by atoms with van der Waals surface area (Å²) in [5.41, 5.74) is -0.735. The molecule has 37 heavy (non-hydrogen) atoms. The zero-order chi connectivity index (χ0) is 26.6. The normalized spacial score (nSPS) is 33.1. The molecule has 3 fully saturated rings. The van der Waals surface area contributed by atoms with Crippen molar-refractivity contribution in [2.45, 2.75) is 77.1 Å². The number of aliphatic hydroxyl groups excluding tert-OH is 1. The van der Waals surface area contributed by atoms with E-state index in [-0.39, 0.29) is 43.0 Å². The molecule has 0 aliphatic heterocycles. The number of aliphatic hydroxyl groups is 2. The molecule has 200 valence electrons. The van der Waals surface area contributed by atoms with E-state index < -0.39 is 35.7 Å². The third-order valence-electron chi connectivity index (χ3n) is 8.81. The second-order valence-electron chi connectivity index (χ2n) is 11.0. The van der Waals surface area contributed by atoms with E-state index in [0.717, 1.165) is 30.4 Å². The number of carbonyl (C=O) groups excluding carboxylic acids is 3. The molecule has 1 aromatic rings. The van der Waals surface area contributed by atoms with E-state index in [1.807, 2.05) is 56.3 Å². The van der Waals surface area contributed by atoms with E-state index >= 15 is 0 Å². The predicted octanol–water partition coefficient (Wildman–Crippen LogP) is 4.70. The Kier molecular flexibility index (Phi) is 8.34. The predicted molar refractivity (Wildman–Crippen MR) is 137 cm³/mol. The molecule has 7 nitrogen and oxygen atoms in total. The zero-order valence-corrected chi connectivity index (χ0v) is 21.7. The summed E-state index contributed by atoms with van der Waals surface area (Å²) in [6, 6.07) is 9.13. The fourth-order valence-electron chi connectivity index (χ4n) is 6.84. The fourth-order valence-corrected chi connectivity index (χ4v) is 6.84. The highest BCUT2D eigenvalue weighted by Gasteiger charge is 2.66. The summed E-state index contributed by atoms with van der Waals surface area (Å²) in [4.78, 5) is 38.6. The Bertz CT molecular complexity index is 1060. The lowest BCUT2D eigenvalue weighted by Crippen LogP contribution is -2.58. The Hall–Kier alpha value is -2.77. The smallest absolute Gasteiger partial charge is 0.429 e. The van der Waals surface area contributed by atoms with E-state index in [1.54, 1.807) is 6.08 Å². The Morgan fingerprint density at radius 3 is 2.68 bits per heavy atom. The van der Waals surface area contributed by atoms with E-state index in [9.17, 15) is 24.6 Å². The first kappa shape index (κ1) is 27.3. The average Bonchev–Trinajstić information content (AvgIpc) is 3.16. The van der Waals surface area contributed by atoms with Crippen LogP contribution in [-0.4, -0.2) is 46.2 Å². The number of ketones is 2. The van der Waals surface area contributed by atoms with Crippen molar-refractivity contribution in [1.82, 2.24) is 0 Å². The quantitative estimate of drug-likeness (QED) is 0.385. The van der Waals surface area contributed by atoms with E-state index in [1.165, 1.54) is 0 Å². The first-order valence-electron chi connectivity index (χ1n) is 13.3. The van der Waals surface area contributed by atoms with Crippen LogP contribution in [0.2, 0.25) is 0 Å². The first-order chi connectivity index (χ1) is 17.7. The maximum absolute atomic E-state index is 13.3. The summed E-state index contributed by atoms with van der Waals surface area (Å²) in [5.74, 6) is -0.556.